The van der Waals surface area contributed by atoms with Crippen LogP contribution in [-0.2, 0) is 16.1 Å². The van der Waals surface area contributed by atoms with E-state index in [9.17, 15) is 14.0 Å². The molecule has 3 aromatic rings. The van der Waals surface area contributed by atoms with Gasteiger partial charge in [-0.2, -0.15) is 10.1 Å². The zero-order chi connectivity index (χ0) is 21.7. The van der Waals surface area contributed by atoms with E-state index < -0.39 is 29.7 Å². The van der Waals surface area contributed by atoms with Crippen molar-refractivity contribution >= 4 is 29.1 Å². The van der Waals surface area contributed by atoms with Gasteiger partial charge in [0.25, 0.3) is 11.8 Å². The molecule has 9 nitrogen and oxygen atoms in total. The first kappa shape index (κ1) is 19.3. The zero-order valence-corrected chi connectivity index (χ0v) is 16.8. The van der Waals surface area contributed by atoms with Crippen molar-refractivity contribution in [1.82, 2.24) is 15.1 Å². The molecule has 2 amide bonds. The Morgan fingerprint density at radius 1 is 1.16 bits per heavy atom. The van der Waals surface area contributed by atoms with Gasteiger partial charge in [-0.05, 0) is 36.8 Å². The van der Waals surface area contributed by atoms with E-state index in [-0.39, 0.29) is 18.1 Å². The Labute approximate surface area is 180 Å². The molecule has 2 aliphatic heterocycles. The van der Waals surface area contributed by atoms with E-state index in [1.807, 2.05) is 0 Å². The highest BCUT2D eigenvalue weighted by atomic mass is 35.5. The van der Waals surface area contributed by atoms with Gasteiger partial charge in [0.05, 0.1) is 5.69 Å². The third kappa shape index (κ3) is 3.25. The van der Waals surface area contributed by atoms with Crippen LogP contribution in [0, 0.1) is 12.7 Å². The number of hydrogen-bond donors (Lipinski definition) is 0. The summed E-state index contributed by atoms with van der Waals surface area (Å²) >= 11 is 5.99. The van der Waals surface area contributed by atoms with Crippen molar-refractivity contribution in [2.24, 2.45) is 10.3 Å². The molecule has 5 rings (SSSR count). The van der Waals surface area contributed by atoms with Gasteiger partial charge in [0.2, 0.25) is 11.7 Å². The van der Waals surface area contributed by atoms with Gasteiger partial charge >= 0.3 is 0 Å². The van der Waals surface area contributed by atoms with Crippen molar-refractivity contribution in [1.29, 1.82) is 0 Å². The predicted octanol–water partition coefficient (Wildman–Crippen LogP) is 3.33. The average molecular weight is 441 g/mol. The minimum atomic E-state index is -1.01. The molecule has 1 saturated heterocycles. The molecule has 156 valence electrons. The van der Waals surface area contributed by atoms with E-state index in [1.165, 1.54) is 17.1 Å². The summed E-state index contributed by atoms with van der Waals surface area (Å²) in [5.74, 6) is -1.09. The van der Waals surface area contributed by atoms with E-state index in [2.05, 4.69) is 20.5 Å². The molecule has 2 atom stereocenters. The van der Waals surface area contributed by atoms with Crippen LogP contribution in [0.25, 0.3) is 11.4 Å². The average Bonchev–Trinajstić information content (AvgIpc) is 3.43. The number of imide groups is 1. The highest BCUT2D eigenvalue weighted by Crippen LogP contribution is 2.33. The Bertz CT molecular complexity index is 1250. The summed E-state index contributed by atoms with van der Waals surface area (Å²) in [6.07, 6.45) is 0. The van der Waals surface area contributed by atoms with Crippen LogP contribution in [0.2, 0.25) is 5.02 Å². The third-order valence-corrected chi connectivity index (χ3v) is 5.35. The zero-order valence-electron chi connectivity index (χ0n) is 16.1. The van der Waals surface area contributed by atoms with Gasteiger partial charge in [-0.1, -0.05) is 40.2 Å². The van der Waals surface area contributed by atoms with Gasteiger partial charge in [0.15, 0.2) is 12.1 Å². The van der Waals surface area contributed by atoms with Crippen LogP contribution in [0.5, 0.6) is 0 Å². The van der Waals surface area contributed by atoms with E-state index >= 15 is 0 Å². The first-order valence-corrected chi connectivity index (χ1v) is 9.70. The highest BCUT2D eigenvalue weighted by Gasteiger charge is 2.55. The fourth-order valence-corrected chi connectivity index (χ4v) is 3.72. The Morgan fingerprint density at radius 3 is 2.77 bits per heavy atom. The van der Waals surface area contributed by atoms with Crippen molar-refractivity contribution in [3.05, 3.63) is 64.8 Å². The summed E-state index contributed by atoms with van der Waals surface area (Å²) < 4.78 is 19.2. The quantitative estimate of drug-likeness (QED) is 0.576. The lowest BCUT2D eigenvalue weighted by Gasteiger charge is -2.19. The summed E-state index contributed by atoms with van der Waals surface area (Å²) in [6, 6.07) is 9.18. The monoisotopic (exact) mass is 440 g/mol. The van der Waals surface area contributed by atoms with E-state index in [0.29, 0.717) is 22.0 Å². The first-order valence-electron chi connectivity index (χ1n) is 9.32. The second-order valence-corrected chi connectivity index (χ2v) is 7.60. The van der Waals surface area contributed by atoms with Crippen LogP contribution in [0.1, 0.15) is 11.5 Å². The summed E-state index contributed by atoms with van der Waals surface area (Å²) in [6.45, 7) is 1.58. The summed E-state index contributed by atoms with van der Waals surface area (Å²) in [4.78, 5) is 31.0. The van der Waals surface area contributed by atoms with E-state index in [0.717, 1.165) is 11.0 Å². The summed E-state index contributed by atoms with van der Waals surface area (Å²) in [5.41, 5.74) is 1.24. The molecule has 0 saturated carbocycles. The smallest absolute Gasteiger partial charge is 0.263 e. The molecule has 0 unspecified atom stereocenters. The number of fused-ring (bicyclic) bond motifs is 1. The third-order valence-electron chi connectivity index (χ3n) is 5.12. The number of nitrogens with zero attached hydrogens (tertiary/aromatic N) is 6. The second kappa shape index (κ2) is 7.24. The van der Waals surface area contributed by atoms with Gasteiger partial charge in [-0.15, -0.1) is 0 Å². The normalized spacial score (nSPS) is 20.1. The predicted molar refractivity (Wildman–Crippen MR) is 106 cm³/mol. The fourth-order valence-electron chi connectivity index (χ4n) is 3.53. The molecule has 0 N–H and O–H groups in total. The molecule has 0 aliphatic carbocycles. The van der Waals surface area contributed by atoms with E-state index in [4.69, 9.17) is 16.1 Å². The highest BCUT2D eigenvalue weighted by molar-refractivity contribution is 6.30. The van der Waals surface area contributed by atoms with Crippen LogP contribution in [0.15, 0.2) is 57.3 Å². The second-order valence-electron chi connectivity index (χ2n) is 7.16. The van der Waals surface area contributed by atoms with Gasteiger partial charge < -0.3 is 4.52 Å². The van der Waals surface area contributed by atoms with Gasteiger partial charge in [-0.25, -0.2) is 9.29 Å². The number of aryl methyl sites for hydroxylation is 1. The standard InChI is InChI=1S/C20H14ClFN6O3/c1-10-5-6-13(8-14(10)22)28-19(29)16-17(20(28)30)27(26-24-16)9-15-23-18(25-31-15)11-3-2-4-12(21)7-11/h2-8,16-17H,9H2,1H3/t16-,17-/m1/s1. The molecule has 1 aromatic heterocycles. The number of carbonyl (C=O) groups excluding carboxylic acids is 2. The van der Waals surface area contributed by atoms with Crippen LogP contribution in [0.4, 0.5) is 10.1 Å². The molecule has 2 aromatic carbocycles. The minimum absolute atomic E-state index is 0.0205. The lowest BCUT2D eigenvalue weighted by Crippen LogP contribution is -2.39. The number of rotatable bonds is 4. The molecular weight excluding hydrogens is 427 g/mol. The number of carbonyl (C=O) groups is 2. The Morgan fingerprint density at radius 2 is 2.00 bits per heavy atom. The van der Waals surface area contributed by atoms with Crippen LogP contribution >= 0.6 is 11.6 Å². The Hall–Kier alpha value is -3.66. The molecule has 31 heavy (non-hydrogen) atoms. The maximum absolute atomic E-state index is 14.0. The molecule has 0 spiro atoms. The van der Waals surface area contributed by atoms with Crippen LogP contribution in [-0.4, -0.2) is 39.0 Å². The largest absolute Gasteiger partial charge is 0.337 e. The maximum Gasteiger partial charge on any atom is 0.263 e. The number of benzene rings is 2. The Balaban J connectivity index is 1.37. The first-order chi connectivity index (χ1) is 14.9. The molecule has 11 heteroatoms. The van der Waals surface area contributed by atoms with Gasteiger partial charge in [-0.3, -0.25) is 14.6 Å². The van der Waals surface area contributed by atoms with Crippen molar-refractivity contribution in [3.63, 3.8) is 0 Å². The number of amides is 2. The lowest BCUT2D eigenvalue weighted by molar-refractivity contribution is -0.123. The molecule has 3 heterocycles. The van der Waals surface area contributed by atoms with Crippen LogP contribution in [0.3, 0.4) is 0 Å². The lowest BCUT2D eigenvalue weighted by atomic mass is 10.1. The number of hydrogen-bond acceptors (Lipinski definition) is 8. The Kier molecular flexibility index (Phi) is 4.51. The number of aromatic nitrogens is 2. The topological polar surface area (TPSA) is 104 Å². The van der Waals surface area contributed by atoms with Crippen molar-refractivity contribution in [2.45, 2.75) is 25.6 Å². The molecule has 0 bridgehead atoms. The summed E-state index contributed by atoms with van der Waals surface area (Å²) in [7, 11) is 0. The minimum Gasteiger partial charge on any atom is -0.337 e. The van der Waals surface area contributed by atoms with Gasteiger partial charge in [0.1, 0.15) is 12.4 Å². The van der Waals surface area contributed by atoms with Gasteiger partial charge in [0, 0.05) is 10.6 Å². The molecule has 1 fully saturated rings. The SMILES string of the molecule is Cc1ccc(N2C(=O)[C@@H]3N=NN(Cc4nc(-c5cccc(Cl)c5)no4)[C@H]3C2=O)cc1F. The van der Waals surface area contributed by atoms with E-state index in [1.54, 1.807) is 31.2 Å². The maximum atomic E-state index is 14.0. The number of anilines is 1. The van der Waals surface area contributed by atoms with Crippen LogP contribution < -0.4 is 4.90 Å². The van der Waals surface area contributed by atoms with Crippen molar-refractivity contribution in [2.75, 3.05) is 4.90 Å². The van der Waals surface area contributed by atoms with Crippen molar-refractivity contribution in [3.8, 4) is 11.4 Å². The fraction of sp³-hybridized carbons (Fsp3) is 0.200. The van der Waals surface area contributed by atoms with Crippen molar-refractivity contribution < 1.29 is 18.5 Å². The molecular formula is C20H14ClFN6O3. The molecule has 0 radical (unpaired) electrons. The molecule has 2 aliphatic rings. The number of halogens is 2. The summed E-state index contributed by atoms with van der Waals surface area (Å²) in [5, 5.41) is 13.7.